The van der Waals surface area contributed by atoms with Crippen LogP contribution in [0.5, 0.6) is 0 Å². The molecule has 0 aromatic heterocycles. The fourth-order valence-corrected chi connectivity index (χ4v) is 5.57. The van der Waals surface area contributed by atoms with Crippen molar-refractivity contribution in [3.05, 3.63) is 11.6 Å². The molecule has 3 aliphatic heterocycles. The summed E-state index contributed by atoms with van der Waals surface area (Å²) in [4.78, 5) is 2.27. The van der Waals surface area contributed by atoms with E-state index in [1.54, 1.807) is 0 Å². The highest BCUT2D eigenvalue weighted by Crippen LogP contribution is 2.44. The maximum Gasteiger partial charge on any atom is 0.124 e. The summed E-state index contributed by atoms with van der Waals surface area (Å²) in [5.41, 5.74) is 1.20. The van der Waals surface area contributed by atoms with Gasteiger partial charge in [0.2, 0.25) is 0 Å². The number of likely N-dealkylation sites (N-methyl/N-ethyl adjacent to an activating group) is 1. The van der Waals surface area contributed by atoms with Crippen LogP contribution >= 0.6 is 0 Å². The van der Waals surface area contributed by atoms with Crippen molar-refractivity contribution >= 4 is 0 Å². The zero-order valence-corrected chi connectivity index (χ0v) is 17.5. The lowest BCUT2D eigenvalue weighted by molar-refractivity contribution is -0.0262. The highest BCUT2D eigenvalue weighted by molar-refractivity contribution is 5.18. The average molecular weight is 414 g/mol. The Hall–Kier alpha value is -0.570. The molecule has 4 rings (SSSR count). The van der Waals surface area contributed by atoms with Crippen molar-refractivity contribution in [1.29, 1.82) is 0 Å². The minimum absolute atomic E-state index is 0.0466. The number of hydrogen-bond donors (Lipinski definition) is 4. The third-order valence-corrected chi connectivity index (χ3v) is 7.02. The molecule has 4 N–H and O–H groups in total. The number of alkyl halides is 1. The van der Waals surface area contributed by atoms with E-state index in [1.165, 1.54) is 5.57 Å². The van der Waals surface area contributed by atoms with Crippen LogP contribution in [-0.4, -0.2) is 75.0 Å². The van der Waals surface area contributed by atoms with Crippen molar-refractivity contribution in [2.75, 3.05) is 33.3 Å². The molecule has 166 valence electrons. The second-order valence-corrected chi connectivity index (χ2v) is 9.14. The normalized spacial score (nSPS) is 46.6. The molecule has 1 saturated carbocycles. The van der Waals surface area contributed by atoms with Crippen molar-refractivity contribution in [2.24, 2.45) is 11.8 Å². The van der Waals surface area contributed by atoms with Gasteiger partial charge in [-0.05, 0) is 65.1 Å². The Morgan fingerprint density at radius 1 is 1.38 bits per heavy atom. The maximum atomic E-state index is 16.1. The second-order valence-electron chi connectivity index (χ2n) is 9.14. The van der Waals surface area contributed by atoms with Crippen LogP contribution in [0.4, 0.5) is 4.39 Å². The lowest BCUT2D eigenvalue weighted by Crippen LogP contribution is -2.69. The summed E-state index contributed by atoms with van der Waals surface area (Å²) in [5.74, 6) is 0.108. The topological polar surface area (TPSA) is 60.6 Å². The number of ether oxygens (including phenoxy) is 1. The largest absolute Gasteiger partial charge is 0.377 e. The summed E-state index contributed by atoms with van der Waals surface area (Å²) in [6.07, 6.45) is 4.70. The average Bonchev–Trinajstić information content (AvgIpc) is 3.12. The smallest absolute Gasteiger partial charge is 0.124 e. The standard InChI is InChI=1S/C22H40FN5O/c1-4-24-18-12-14(2)25-22(27-18)26-17-13-16-8-11-29-21(16)19(20(17)23)15-6-5-9-28(3)10-7-15/h7,14,16-22,24-27H,4-6,8-13H2,1-3H3/i1D3,2D. The van der Waals surface area contributed by atoms with Gasteiger partial charge in [0.05, 0.1) is 12.3 Å². The van der Waals surface area contributed by atoms with E-state index in [1.807, 2.05) is 0 Å². The maximum absolute atomic E-state index is 16.1. The van der Waals surface area contributed by atoms with Gasteiger partial charge in [-0.1, -0.05) is 18.5 Å². The van der Waals surface area contributed by atoms with E-state index in [9.17, 15) is 0 Å². The van der Waals surface area contributed by atoms with Crippen LogP contribution in [0, 0.1) is 11.8 Å². The minimum Gasteiger partial charge on any atom is -0.377 e. The third-order valence-electron chi connectivity index (χ3n) is 7.02. The fourth-order valence-electron chi connectivity index (χ4n) is 5.57. The predicted octanol–water partition coefficient (Wildman–Crippen LogP) is 1.55. The molecule has 29 heavy (non-hydrogen) atoms. The first-order chi connectivity index (χ1) is 15.7. The molecule has 8 unspecified atom stereocenters. The molecule has 3 fully saturated rings. The van der Waals surface area contributed by atoms with Crippen LogP contribution in [0.1, 0.15) is 51.3 Å². The van der Waals surface area contributed by atoms with E-state index in [0.29, 0.717) is 25.4 Å². The van der Waals surface area contributed by atoms with Gasteiger partial charge < -0.3 is 15.0 Å². The van der Waals surface area contributed by atoms with Crippen molar-refractivity contribution in [1.82, 2.24) is 26.2 Å². The summed E-state index contributed by atoms with van der Waals surface area (Å²) in [6.45, 7) is 0.572. The molecule has 0 bridgehead atoms. The molecule has 7 heteroatoms. The highest BCUT2D eigenvalue weighted by Gasteiger charge is 2.49. The fraction of sp³-hybridized carbons (Fsp3) is 0.909. The SMILES string of the molecule is [2H]CC1CC(NCC([2H])([2H])[2H])NC(NC2CC3CCOC3C(C3=CCN(C)CCC3)C2F)N1. The number of halogens is 1. The minimum atomic E-state index is -2.06. The quantitative estimate of drug-likeness (QED) is 0.513. The second kappa shape index (κ2) is 9.71. The van der Waals surface area contributed by atoms with Crippen molar-refractivity contribution in [3.8, 4) is 0 Å². The molecule has 4 aliphatic rings. The zero-order valence-electron chi connectivity index (χ0n) is 21.5. The Labute approximate surface area is 181 Å². The summed E-state index contributed by atoms with van der Waals surface area (Å²) in [5, 5.41) is 13.2. The molecular formula is C22H40FN5O. The summed E-state index contributed by atoms with van der Waals surface area (Å²) >= 11 is 0. The molecule has 0 aromatic carbocycles. The predicted molar refractivity (Wildman–Crippen MR) is 114 cm³/mol. The Morgan fingerprint density at radius 3 is 3.17 bits per heavy atom. The first kappa shape index (κ1) is 17.0. The summed E-state index contributed by atoms with van der Waals surface area (Å²) in [7, 11) is 2.10. The molecule has 0 spiro atoms. The lowest BCUT2D eigenvalue weighted by atomic mass is 9.71. The Balaban J connectivity index is 1.45. The Morgan fingerprint density at radius 2 is 2.31 bits per heavy atom. The third kappa shape index (κ3) is 5.02. The summed E-state index contributed by atoms with van der Waals surface area (Å²) in [6, 6.07) is -0.435. The zero-order chi connectivity index (χ0) is 23.6. The summed E-state index contributed by atoms with van der Waals surface area (Å²) < 4.78 is 52.4. The monoisotopic (exact) mass is 413 g/mol. The van der Waals surface area contributed by atoms with Crippen LogP contribution in [-0.2, 0) is 4.74 Å². The first-order valence-corrected chi connectivity index (χ1v) is 11.2. The van der Waals surface area contributed by atoms with Crippen LogP contribution < -0.4 is 21.3 Å². The van der Waals surface area contributed by atoms with Gasteiger partial charge in [-0.25, -0.2) is 4.39 Å². The van der Waals surface area contributed by atoms with Crippen LogP contribution in [0.2, 0.25) is 0 Å². The molecule has 1 aliphatic carbocycles. The van der Waals surface area contributed by atoms with Gasteiger partial charge >= 0.3 is 0 Å². The van der Waals surface area contributed by atoms with E-state index in [4.69, 9.17) is 10.2 Å². The van der Waals surface area contributed by atoms with E-state index in [0.717, 1.165) is 32.4 Å². The molecular weight excluding hydrogens is 369 g/mol. The van der Waals surface area contributed by atoms with Gasteiger partial charge in [0.15, 0.2) is 0 Å². The van der Waals surface area contributed by atoms with E-state index in [2.05, 4.69) is 39.3 Å². The first-order valence-electron chi connectivity index (χ1n) is 13.4. The Bertz CT molecular complexity index is 684. The van der Waals surface area contributed by atoms with Gasteiger partial charge in [-0.2, -0.15) is 0 Å². The lowest BCUT2D eigenvalue weighted by Gasteiger charge is -2.45. The number of nitrogens with one attached hydrogen (secondary N) is 4. The van der Waals surface area contributed by atoms with Crippen molar-refractivity contribution < 1.29 is 14.6 Å². The molecule has 3 heterocycles. The van der Waals surface area contributed by atoms with Crippen LogP contribution in [0.25, 0.3) is 0 Å². The molecule has 6 nitrogen and oxygen atoms in total. The molecule has 0 amide bonds. The number of hydrogen-bond acceptors (Lipinski definition) is 6. The van der Waals surface area contributed by atoms with Gasteiger partial charge in [0.1, 0.15) is 12.5 Å². The molecule has 0 aromatic rings. The van der Waals surface area contributed by atoms with E-state index < -0.39 is 13.0 Å². The number of fused-ring (bicyclic) bond motifs is 1. The van der Waals surface area contributed by atoms with Crippen LogP contribution in [0.15, 0.2) is 11.6 Å². The van der Waals surface area contributed by atoms with E-state index >= 15 is 4.39 Å². The van der Waals surface area contributed by atoms with Gasteiger partial charge in [0.25, 0.3) is 0 Å². The number of rotatable bonds is 5. The highest BCUT2D eigenvalue weighted by atomic mass is 19.1. The molecule has 8 atom stereocenters. The molecule has 2 saturated heterocycles. The van der Waals surface area contributed by atoms with Gasteiger partial charge in [0, 0.05) is 36.6 Å². The van der Waals surface area contributed by atoms with Crippen molar-refractivity contribution in [2.45, 2.75) is 82.7 Å². The van der Waals surface area contributed by atoms with Gasteiger partial charge in [-0.3, -0.25) is 16.0 Å². The molecule has 0 radical (unpaired) electrons. The Kier molecular flexibility index (Phi) is 5.70. The van der Waals surface area contributed by atoms with Crippen molar-refractivity contribution in [3.63, 3.8) is 0 Å². The van der Waals surface area contributed by atoms with Gasteiger partial charge in [-0.15, -0.1) is 0 Å². The van der Waals surface area contributed by atoms with Crippen LogP contribution in [0.3, 0.4) is 0 Å². The van der Waals surface area contributed by atoms with E-state index in [-0.39, 0.29) is 50.0 Å². The number of nitrogens with zero attached hydrogens (tertiary/aromatic N) is 1.